The van der Waals surface area contributed by atoms with Crippen molar-refractivity contribution in [2.24, 2.45) is 0 Å². The van der Waals surface area contributed by atoms with E-state index in [-0.39, 0.29) is 5.56 Å². The highest BCUT2D eigenvalue weighted by Crippen LogP contribution is 2.18. The Morgan fingerprint density at radius 2 is 1.95 bits per heavy atom. The summed E-state index contributed by atoms with van der Waals surface area (Å²) >= 11 is 0. The molecule has 0 radical (unpaired) electrons. The average Bonchev–Trinajstić information content (AvgIpc) is 2.89. The first kappa shape index (κ1) is 13.4. The highest BCUT2D eigenvalue weighted by molar-refractivity contribution is 5.83. The van der Waals surface area contributed by atoms with Crippen LogP contribution in [0.4, 0.5) is 0 Å². The van der Waals surface area contributed by atoms with Gasteiger partial charge in [0, 0.05) is 10.9 Å². The van der Waals surface area contributed by atoms with E-state index in [2.05, 4.69) is 36.3 Å². The van der Waals surface area contributed by atoms with Gasteiger partial charge >= 0.3 is 0 Å². The first-order valence-electron chi connectivity index (χ1n) is 7.60. The lowest BCUT2D eigenvalue weighted by Gasteiger charge is -2.10. The molecule has 1 aliphatic rings. The van der Waals surface area contributed by atoms with Crippen LogP contribution in [-0.4, -0.2) is 11.0 Å². The van der Waals surface area contributed by atoms with Gasteiger partial charge in [0.25, 0.3) is 5.56 Å². The van der Waals surface area contributed by atoms with Crippen molar-refractivity contribution in [1.29, 1.82) is 0 Å². The Balaban J connectivity index is 1.90. The summed E-state index contributed by atoms with van der Waals surface area (Å²) in [6.07, 6.45) is 5.27. The third kappa shape index (κ3) is 2.63. The number of hydrogen-bond donors (Lipinski definition) is 2. The van der Waals surface area contributed by atoms with Gasteiger partial charge in [0.1, 0.15) is 6.54 Å². The molecule has 0 saturated heterocycles. The van der Waals surface area contributed by atoms with Crippen LogP contribution >= 0.6 is 0 Å². The van der Waals surface area contributed by atoms with E-state index < -0.39 is 0 Å². The first-order valence-corrected chi connectivity index (χ1v) is 7.60. The van der Waals surface area contributed by atoms with Crippen LogP contribution in [0.1, 0.15) is 42.4 Å². The van der Waals surface area contributed by atoms with Crippen LogP contribution in [0.5, 0.6) is 0 Å². The smallest absolute Gasteiger partial charge is 0.257 e. The molecule has 3 rings (SSSR count). The highest BCUT2D eigenvalue weighted by atomic mass is 16.1. The van der Waals surface area contributed by atoms with Crippen LogP contribution in [0.15, 0.2) is 23.0 Å². The zero-order chi connectivity index (χ0) is 14.1. The fourth-order valence-corrected chi connectivity index (χ4v) is 3.35. The van der Waals surface area contributed by atoms with Crippen LogP contribution in [0, 0.1) is 13.8 Å². The summed E-state index contributed by atoms with van der Waals surface area (Å²) in [5, 5.41) is 3.51. The Labute approximate surface area is 119 Å². The molecule has 3 heteroatoms. The number of aromatic amines is 1. The van der Waals surface area contributed by atoms with Crippen LogP contribution in [-0.2, 0) is 6.54 Å². The summed E-state index contributed by atoms with van der Waals surface area (Å²) < 4.78 is 0. The van der Waals surface area contributed by atoms with Gasteiger partial charge in [-0.15, -0.1) is 0 Å². The molecule has 0 spiro atoms. The van der Waals surface area contributed by atoms with Crippen molar-refractivity contribution in [3.05, 3.63) is 45.2 Å². The number of hydrogen-bond acceptors (Lipinski definition) is 1. The van der Waals surface area contributed by atoms with E-state index in [1.165, 1.54) is 42.2 Å². The Bertz CT molecular complexity index is 681. The molecule has 1 aliphatic carbocycles. The van der Waals surface area contributed by atoms with Gasteiger partial charge in [-0.25, -0.2) is 0 Å². The topological polar surface area (TPSA) is 49.5 Å². The minimum Gasteiger partial charge on any atom is -0.340 e. The van der Waals surface area contributed by atoms with Crippen LogP contribution < -0.4 is 10.9 Å². The molecule has 0 aliphatic heterocycles. The molecule has 1 aromatic heterocycles. The molecule has 0 bridgehead atoms. The second kappa shape index (κ2) is 5.41. The molecular formula is C17H23N2O+. The summed E-state index contributed by atoms with van der Waals surface area (Å²) in [6, 6.07) is 7.01. The fourth-order valence-electron chi connectivity index (χ4n) is 3.35. The lowest BCUT2D eigenvalue weighted by molar-refractivity contribution is -0.703. The maximum atomic E-state index is 12.2. The van der Waals surface area contributed by atoms with Crippen LogP contribution in [0.25, 0.3) is 10.9 Å². The number of benzene rings is 1. The molecule has 0 atom stereocenters. The molecule has 0 unspecified atom stereocenters. The van der Waals surface area contributed by atoms with Gasteiger partial charge in [0.05, 0.1) is 11.6 Å². The normalized spacial score (nSPS) is 16.1. The quantitative estimate of drug-likeness (QED) is 0.883. The predicted octanol–water partition coefficient (Wildman–Crippen LogP) is 2.15. The number of nitrogens with one attached hydrogen (secondary N) is 1. The van der Waals surface area contributed by atoms with Crippen molar-refractivity contribution in [2.45, 2.75) is 52.1 Å². The van der Waals surface area contributed by atoms with Gasteiger partial charge < -0.3 is 10.3 Å². The number of fused-ring (bicyclic) bond motifs is 1. The molecule has 1 fully saturated rings. The molecule has 3 nitrogen and oxygen atoms in total. The van der Waals surface area contributed by atoms with E-state index in [0.29, 0.717) is 6.04 Å². The molecule has 1 heterocycles. The Morgan fingerprint density at radius 3 is 2.70 bits per heavy atom. The van der Waals surface area contributed by atoms with Crippen LogP contribution in [0.2, 0.25) is 0 Å². The van der Waals surface area contributed by atoms with Crippen molar-refractivity contribution < 1.29 is 5.32 Å². The minimum absolute atomic E-state index is 0.0664. The number of quaternary nitrogens is 1. The van der Waals surface area contributed by atoms with Gasteiger partial charge in [-0.2, -0.15) is 0 Å². The standard InChI is InChI=1S/C17H22N2O/c1-11-7-12(2)15-9-13(17(20)19-16(15)8-11)10-18-14-5-3-4-6-14/h7-9,14,18H,3-6,10H2,1-2H3,(H,19,20)/p+1. The lowest BCUT2D eigenvalue weighted by Crippen LogP contribution is -2.88. The number of aryl methyl sites for hydroxylation is 2. The number of rotatable bonds is 3. The lowest BCUT2D eigenvalue weighted by atomic mass is 10.0. The first-order chi connectivity index (χ1) is 9.63. The fraction of sp³-hybridized carbons (Fsp3) is 0.471. The Kier molecular flexibility index (Phi) is 3.62. The highest BCUT2D eigenvalue weighted by Gasteiger charge is 2.18. The monoisotopic (exact) mass is 271 g/mol. The van der Waals surface area contributed by atoms with E-state index in [1.54, 1.807) is 0 Å². The third-order valence-corrected chi connectivity index (χ3v) is 4.46. The second-order valence-electron chi connectivity index (χ2n) is 6.15. The molecular weight excluding hydrogens is 248 g/mol. The van der Waals surface area contributed by atoms with E-state index >= 15 is 0 Å². The Morgan fingerprint density at radius 1 is 1.20 bits per heavy atom. The predicted molar refractivity (Wildman–Crippen MR) is 81.9 cm³/mol. The van der Waals surface area contributed by atoms with Crippen molar-refractivity contribution in [3.63, 3.8) is 0 Å². The zero-order valence-corrected chi connectivity index (χ0v) is 12.3. The third-order valence-electron chi connectivity index (χ3n) is 4.46. The van der Waals surface area contributed by atoms with E-state index in [9.17, 15) is 4.79 Å². The van der Waals surface area contributed by atoms with Crippen LogP contribution in [0.3, 0.4) is 0 Å². The number of pyridine rings is 1. The van der Waals surface area contributed by atoms with Gasteiger partial charge in [0.2, 0.25) is 0 Å². The van der Waals surface area contributed by atoms with E-state index in [1.807, 2.05) is 6.07 Å². The van der Waals surface area contributed by atoms with Crippen molar-refractivity contribution in [3.8, 4) is 0 Å². The molecule has 1 aromatic carbocycles. The second-order valence-corrected chi connectivity index (χ2v) is 6.15. The average molecular weight is 271 g/mol. The summed E-state index contributed by atoms with van der Waals surface area (Å²) in [6.45, 7) is 4.97. The summed E-state index contributed by atoms with van der Waals surface area (Å²) in [4.78, 5) is 15.2. The largest absolute Gasteiger partial charge is 0.340 e. The Hall–Kier alpha value is -1.61. The maximum Gasteiger partial charge on any atom is 0.257 e. The molecule has 3 N–H and O–H groups in total. The van der Waals surface area contributed by atoms with Crippen molar-refractivity contribution >= 4 is 10.9 Å². The van der Waals surface area contributed by atoms with Gasteiger partial charge in [-0.1, -0.05) is 6.07 Å². The van der Waals surface area contributed by atoms with Gasteiger partial charge in [-0.3, -0.25) is 4.79 Å². The number of aromatic nitrogens is 1. The molecule has 1 saturated carbocycles. The summed E-state index contributed by atoms with van der Waals surface area (Å²) in [7, 11) is 0. The maximum absolute atomic E-state index is 12.2. The molecule has 106 valence electrons. The summed E-state index contributed by atoms with van der Waals surface area (Å²) in [5.41, 5.74) is 4.35. The van der Waals surface area contributed by atoms with Crippen molar-refractivity contribution in [1.82, 2.24) is 4.98 Å². The van der Waals surface area contributed by atoms with Crippen molar-refractivity contribution in [2.75, 3.05) is 0 Å². The zero-order valence-electron chi connectivity index (χ0n) is 12.3. The van der Waals surface area contributed by atoms with E-state index in [4.69, 9.17) is 0 Å². The summed E-state index contributed by atoms with van der Waals surface area (Å²) in [5.74, 6) is 0. The molecule has 20 heavy (non-hydrogen) atoms. The molecule has 2 aromatic rings. The van der Waals surface area contributed by atoms with E-state index in [0.717, 1.165) is 17.6 Å². The van der Waals surface area contributed by atoms with Gasteiger partial charge in [0.15, 0.2) is 0 Å². The number of H-pyrrole nitrogens is 1. The SMILES string of the molecule is Cc1cc(C)c2cc(C[NH2+]C3CCCC3)c(=O)[nH]c2c1. The minimum atomic E-state index is 0.0664. The number of nitrogens with two attached hydrogens (primary N) is 1. The van der Waals surface area contributed by atoms with Gasteiger partial charge in [-0.05, 0) is 62.8 Å². The molecule has 0 amide bonds.